The lowest BCUT2D eigenvalue weighted by Crippen LogP contribution is -2.31. The van der Waals surface area contributed by atoms with Crippen molar-refractivity contribution in [2.45, 2.75) is 32.7 Å². The van der Waals surface area contributed by atoms with E-state index in [1.54, 1.807) is 13.1 Å². The molecule has 0 radical (unpaired) electrons. The molecule has 0 bridgehead atoms. The number of nitrogens with one attached hydrogen (secondary N) is 1. The molecule has 1 unspecified atom stereocenters. The number of carbonyl (C=O) groups excluding carboxylic acids is 2. The van der Waals surface area contributed by atoms with E-state index >= 15 is 0 Å². The molecule has 1 fully saturated rings. The van der Waals surface area contributed by atoms with E-state index in [0.717, 1.165) is 29.6 Å². The number of anilines is 1. The van der Waals surface area contributed by atoms with Gasteiger partial charge in [0, 0.05) is 37.1 Å². The average molecular weight is 341 g/mol. The van der Waals surface area contributed by atoms with Crippen molar-refractivity contribution in [1.29, 1.82) is 0 Å². The summed E-state index contributed by atoms with van der Waals surface area (Å²) in [5.41, 5.74) is 1.98. The van der Waals surface area contributed by atoms with Gasteiger partial charge in [0.05, 0.1) is 17.8 Å². The standard InChI is InChI=1S/C19H23N3O3/c1-3-17(23)22-10-9-13(12-22)21-18-14-7-5-6-8-16(14)20-11-15(18)19(24)25-4-2/h5-8,11,13H,3-4,9-10,12H2,1-2H3,(H,20,21). The molecule has 1 N–H and O–H groups in total. The molecule has 1 aliphatic rings. The van der Waals surface area contributed by atoms with Crippen molar-refractivity contribution >= 4 is 28.5 Å². The van der Waals surface area contributed by atoms with Gasteiger partial charge in [-0.05, 0) is 19.4 Å². The number of nitrogens with zero attached hydrogens (tertiary/aromatic N) is 2. The number of esters is 1. The summed E-state index contributed by atoms with van der Waals surface area (Å²) in [5, 5.41) is 4.35. The van der Waals surface area contributed by atoms with Crippen molar-refractivity contribution in [2.75, 3.05) is 25.0 Å². The first kappa shape index (κ1) is 17.2. The second-order valence-corrected chi connectivity index (χ2v) is 6.11. The fraction of sp³-hybridized carbons (Fsp3) is 0.421. The summed E-state index contributed by atoms with van der Waals surface area (Å²) in [6.07, 6.45) is 2.93. The zero-order valence-electron chi connectivity index (χ0n) is 14.6. The highest BCUT2D eigenvalue weighted by Crippen LogP contribution is 2.28. The Labute approximate surface area is 147 Å². The van der Waals surface area contributed by atoms with Gasteiger partial charge in [0.2, 0.25) is 5.91 Å². The van der Waals surface area contributed by atoms with E-state index in [4.69, 9.17) is 4.74 Å². The number of benzene rings is 1. The normalized spacial score (nSPS) is 16.9. The van der Waals surface area contributed by atoms with Crippen molar-refractivity contribution < 1.29 is 14.3 Å². The lowest BCUT2D eigenvalue weighted by atomic mass is 10.1. The fourth-order valence-corrected chi connectivity index (χ4v) is 3.19. The minimum absolute atomic E-state index is 0.106. The minimum atomic E-state index is -0.386. The van der Waals surface area contributed by atoms with Crippen LogP contribution in [0.2, 0.25) is 0 Å². The third-order valence-corrected chi connectivity index (χ3v) is 4.46. The highest BCUT2D eigenvalue weighted by Gasteiger charge is 2.27. The number of hydrogen-bond acceptors (Lipinski definition) is 5. The van der Waals surface area contributed by atoms with E-state index in [9.17, 15) is 9.59 Å². The summed E-state index contributed by atoms with van der Waals surface area (Å²) in [4.78, 5) is 30.5. The van der Waals surface area contributed by atoms with Crippen LogP contribution in [0.1, 0.15) is 37.0 Å². The highest BCUT2D eigenvalue weighted by molar-refractivity contribution is 6.05. The Hall–Kier alpha value is -2.63. The lowest BCUT2D eigenvalue weighted by Gasteiger charge is -2.19. The first-order chi connectivity index (χ1) is 12.1. The molecule has 3 rings (SSSR count). The van der Waals surface area contributed by atoms with Gasteiger partial charge in [-0.3, -0.25) is 9.78 Å². The van der Waals surface area contributed by atoms with E-state index in [-0.39, 0.29) is 17.9 Å². The van der Waals surface area contributed by atoms with Gasteiger partial charge in [-0.2, -0.15) is 0 Å². The molecule has 1 aromatic heterocycles. The van der Waals surface area contributed by atoms with Gasteiger partial charge in [-0.15, -0.1) is 0 Å². The number of rotatable bonds is 5. The minimum Gasteiger partial charge on any atom is -0.462 e. The molecular formula is C19H23N3O3. The highest BCUT2D eigenvalue weighted by atomic mass is 16.5. The maximum Gasteiger partial charge on any atom is 0.341 e. The molecule has 2 heterocycles. The molecular weight excluding hydrogens is 318 g/mol. The monoisotopic (exact) mass is 341 g/mol. The Morgan fingerprint density at radius 3 is 2.88 bits per heavy atom. The van der Waals surface area contributed by atoms with Gasteiger partial charge in [0.1, 0.15) is 5.56 Å². The van der Waals surface area contributed by atoms with Crippen LogP contribution < -0.4 is 5.32 Å². The molecule has 6 nitrogen and oxygen atoms in total. The van der Waals surface area contributed by atoms with Gasteiger partial charge >= 0.3 is 5.97 Å². The quantitative estimate of drug-likeness (QED) is 0.847. The van der Waals surface area contributed by atoms with Gasteiger partial charge in [-0.1, -0.05) is 25.1 Å². The number of likely N-dealkylation sites (tertiary alicyclic amines) is 1. The zero-order chi connectivity index (χ0) is 17.8. The molecule has 0 saturated carbocycles. The van der Waals surface area contributed by atoms with Crippen molar-refractivity contribution in [1.82, 2.24) is 9.88 Å². The second-order valence-electron chi connectivity index (χ2n) is 6.11. The second kappa shape index (κ2) is 7.51. The molecule has 1 aromatic carbocycles. The van der Waals surface area contributed by atoms with Crippen molar-refractivity contribution in [3.05, 3.63) is 36.0 Å². The van der Waals surface area contributed by atoms with Crippen LogP contribution in [-0.4, -0.2) is 47.5 Å². The van der Waals surface area contributed by atoms with E-state index in [1.165, 1.54) is 0 Å². The van der Waals surface area contributed by atoms with E-state index in [1.807, 2.05) is 36.1 Å². The fourth-order valence-electron chi connectivity index (χ4n) is 3.19. The van der Waals surface area contributed by atoms with Crippen molar-refractivity contribution in [3.63, 3.8) is 0 Å². The first-order valence-corrected chi connectivity index (χ1v) is 8.73. The van der Waals surface area contributed by atoms with Crippen LogP contribution >= 0.6 is 0 Å². The topological polar surface area (TPSA) is 71.5 Å². The molecule has 1 amide bonds. The van der Waals surface area contributed by atoms with Crippen LogP contribution in [0, 0.1) is 0 Å². The van der Waals surface area contributed by atoms with E-state index in [0.29, 0.717) is 25.1 Å². The molecule has 2 aromatic rings. The van der Waals surface area contributed by atoms with E-state index < -0.39 is 0 Å². The van der Waals surface area contributed by atoms with Crippen LogP contribution in [0.25, 0.3) is 10.9 Å². The summed E-state index contributed by atoms with van der Waals surface area (Å²) in [5.74, 6) is -0.225. The maximum absolute atomic E-state index is 12.3. The molecule has 0 spiro atoms. The van der Waals surface area contributed by atoms with Gasteiger partial charge in [0.15, 0.2) is 0 Å². The summed E-state index contributed by atoms with van der Waals surface area (Å²) in [6.45, 7) is 5.35. The molecule has 25 heavy (non-hydrogen) atoms. The third-order valence-electron chi connectivity index (χ3n) is 4.46. The Morgan fingerprint density at radius 1 is 1.32 bits per heavy atom. The summed E-state index contributed by atoms with van der Waals surface area (Å²) in [6, 6.07) is 7.80. The zero-order valence-corrected chi connectivity index (χ0v) is 14.6. The molecule has 0 aliphatic carbocycles. The third kappa shape index (κ3) is 3.57. The first-order valence-electron chi connectivity index (χ1n) is 8.73. The Kier molecular flexibility index (Phi) is 5.16. The number of ether oxygens (including phenoxy) is 1. The van der Waals surface area contributed by atoms with Gasteiger partial charge in [0.25, 0.3) is 0 Å². The number of para-hydroxylation sites is 1. The SMILES string of the molecule is CCOC(=O)c1cnc2ccccc2c1NC1CCN(C(=O)CC)C1. The van der Waals surface area contributed by atoms with Crippen molar-refractivity contribution in [3.8, 4) is 0 Å². The lowest BCUT2D eigenvalue weighted by molar-refractivity contribution is -0.129. The van der Waals surface area contributed by atoms with Gasteiger partial charge in [-0.25, -0.2) is 4.79 Å². The van der Waals surface area contributed by atoms with E-state index in [2.05, 4.69) is 10.3 Å². The van der Waals surface area contributed by atoms with Crippen LogP contribution in [0.3, 0.4) is 0 Å². The maximum atomic E-state index is 12.3. The summed E-state index contributed by atoms with van der Waals surface area (Å²) >= 11 is 0. The van der Waals surface area contributed by atoms with Crippen LogP contribution in [0.4, 0.5) is 5.69 Å². The number of carbonyl (C=O) groups is 2. The number of hydrogen-bond donors (Lipinski definition) is 1. The van der Waals surface area contributed by atoms with Crippen LogP contribution in [0.5, 0.6) is 0 Å². The van der Waals surface area contributed by atoms with Gasteiger partial charge < -0.3 is 15.0 Å². The molecule has 1 saturated heterocycles. The van der Waals surface area contributed by atoms with Crippen LogP contribution in [-0.2, 0) is 9.53 Å². The number of amides is 1. The molecule has 6 heteroatoms. The average Bonchev–Trinajstić information content (AvgIpc) is 3.10. The molecule has 1 atom stereocenters. The largest absolute Gasteiger partial charge is 0.462 e. The number of fused-ring (bicyclic) bond motifs is 1. The Balaban J connectivity index is 1.92. The predicted molar refractivity (Wildman–Crippen MR) is 96.6 cm³/mol. The number of aromatic nitrogens is 1. The summed E-state index contributed by atoms with van der Waals surface area (Å²) in [7, 11) is 0. The summed E-state index contributed by atoms with van der Waals surface area (Å²) < 4.78 is 5.18. The van der Waals surface area contributed by atoms with Crippen LogP contribution in [0.15, 0.2) is 30.5 Å². The molecule has 132 valence electrons. The predicted octanol–water partition coefficient (Wildman–Crippen LogP) is 2.83. The molecule has 1 aliphatic heterocycles. The Bertz CT molecular complexity index is 791. The van der Waals surface area contributed by atoms with Crippen molar-refractivity contribution in [2.24, 2.45) is 0 Å². The smallest absolute Gasteiger partial charge is 0.341 e. The number of pyridine rings is 1. The Morgan fingerprint density at radius 2 is 2.12 bits per heavy atom.